The normalized spacial score (nSPS) is 19.0. The highest BCUT2D eigenvalue weighted by Crippen LogP contribution is 2.52. The topological polar surface area (TPSA) is 72.9 Å². The van der Waals surface area contributed by atoms with Crippen LogP contribution in [0, 0.1) is 0 Å². The number of nitrogens with zero attached hydrogens (tertiary/aromatic N) is 2. The molecule has 8 nitrogen and oxygen atoms in total. The Balaban J connectivity index is 0.00000372. The summed E-state index contributed by atoms with van der Waals surface area (Å²) < 4.78 is 31.0. The number of aromatic hydroxyl groups is 1. The highest BCUT2D eigenvalue weighted by molar-refractivity contribution is 5.85. The summed E-state index contributed by atoms with van der Waals surface area (Å²) in [7, 11) is 9.33. The summed E-state index contributed by atoms with van der Waals surface area (Å²) in [4.78, 5) is 4.75. The van der Waals surface area contributed by atoms with Gasteiger partial charge in [-0.1, -0.05) is 18.2 Å². The van der Waals surface area contributed by atoms with Gasteiger partial charge in [0.15, 0.2) is 34.5 Å². The zero-order valence-electron chi connectivity index (χ0n) is 27.0. The van der Waals surface area contributed by atoms with Gasteiger partial charge in [0.05, 0.1) is 21.3 Å². The number of hydrogen-bond donors (Lipinski definition) is 1. The SMILES string of the molecule is COc1cc2c3cc1Oc1c(OC)c(OC)cc4c1C(Cc1ccc(O)c(c1)Oc1ccc(cc1)CC3N(C)CC2)N(C)CC4.Cl. The van der Waals surface area contributed by atoms with Gasteiger partial charge in [-0.15, -0.1) is 12.4 Å². The molecule has 9 heteroatoms. The summed E-state index contributed by atoms with van der Waals surface area (Å²) in [6, 6.07) is 20.3. The van der Waals surface area contributed by atoms with Crippen LogP contribution in [0.5, 0.6) is 46.0 Å². The lowest BCUT2D eigenvalue weighted by molar-refractivity contribution is 0.220. The van der Waals surface area contributed by atoms with Crippen molar-refractivity contribution in [3.63, 3.8) is 0 Å². The molecule has 0 radical (unpaired) electrons. The Labute approximate surface area is 276 Å². The second-order valence-corrected chi connectivity index (χ2v) is 12.3. The van der Waals surface area contributed by atoms with Crippen LogP contribution in [0.3, 0.4) is 0 Å². The molecule has 0 spiro atoms. The van der Waals surface area contributed by atoms with Crippen molar-refractivity contribution >= 4 is 12.4 Å². The largest absolute Gasteiger partial charge is 0.504 e. The molecule has 2 unspecified atom stereocenters. The van der Waals surface area contributed by atoms with Crippen molar-refractivity contribution in [1.82, 2.24) is 9.80 Å². The molecular formula is C37H41ClN2O6. The summed E-state index contributed by atoms with van der Waals surface area (Å²) in [5.74, 6) is 4.37. The molecule has 2 atom stereocenters. The van der Waals surface area contributed by atoms with Gasteiger partial charge in [0, 0.05) is 30.7 Å². The van der Waals surface area contributed by atoms with Crippen LogP contribution in [-0.4, -0.2) is 63.4 Å². The van der Waals surface area contributed by atoms with Gasteiger partial charge < -0.3 is 28.8 Å². The number of rotatable bonds is 3. The van der Waals surface area contributed by atoms with Crippen LogP contribution >= 0.6 is 12.4 Å². The van der Waals surface area contributed by atoms with Gasteiger partial charge in [0.25, 0.3) is 0 Å². The van der Waals surface area contributed by atoms with Crippen molar-refractivity contribution in [2.45, 2.75) is 37.8 Å². The number of benzene rings is 4. The first-order valence-electron chi connectivity index (χ1n) is 15.5. The molecule has 46 heavy (non-hydrogen) atoms. The van der Waals surface area contributed by atoms with E-state index in [2.05, 4.69) is 54.2 Å². The van der Waals surface area contributed by atoms with Crippen molar-refractivity contribution < 1.29 is 28.8 Å². The fraction of sp³-hybridized carbons (Fsp3) is 0.351. The number of phenolic OH excluding ortho intramolecular Hbond substituents is 1. The van der Waals surface area contributed by atoms with Crippen molar-refractivity contribution in [2.24, 2.45) is 0 Å². The van der Waals surface area contributed by atoms with Crippen molar-refractivity contribution in [2.75, 3.05) is 48.5 Å². The van der Waals surface area contributed by atoms with Crippen LogP contribution in [0.25, 0.3) is 0 Å². The fourth-order valence-electron chi connectivity index (χ4n) is 7.11. The Morgan fingerprint density at radius 1 is 0.696 bits per heavy atom. The lowest BCUT2D eigenvalue weighted by Crippen LogP contribution is -2.34. The number of halogens is 1. The molecule has 0 aliphatic carbocycles. The van der Waals surface area contributed by atoms with Crippen LogP contribution < -0.4 is 23.7 Å². The number of methoxy groups -OCH3 is 3. The molecule has 4 aliphatic heterocycles. The zero-order chi connectivity index (χ0) is 31.2. The quantitative estimate of drug-likeness (QED) is 0.250. The van der Waals surface area contributed by atoms with E-state index in [9.17, 15) is 5.11 Å². The van der Waals surface area contributed by atoms with E-state index in [0.29, 0.717) is 46.7 Å². The molecule has 4 heterocycles. The van der Waals surface area contributed by atoms with Gasteiger partial charge in [-0.3, -0.25) is 9.80 Å². The third kappa shape index (κ3) is 5.70. The molecule has 242 valence electrons. The van der Waals surface area contributed by atoms with E-state index in [1.165, 1.54) is 16.7 Å². The maximum Gasteiger partial charge on any atom is 0.204 e. The van der Waals surface area contributed by atoms with E-state index in [1.54, 1.807) is 27.4 Å². The molecule has 0 amide bonds. The Kier molecular flexibility index (Phi) is 8.97. The summed E-state index contributed by atoms with van der Waals surface area (Å²) in [5.41, 5.74) is 6.93. The zero-order valence-corrected chi connectivity index (χ0v) is 27.8. The monoisotopic (exact) mass is 644 g/mol. The molecule has 1 N–H and O–H groups in total. The molecule has 0 saturated carbocycles. The summed E-state index contributed by atoms with van der Waals surface area (Å²) in [5, 5.41) is 10.7. The van der Waals surface area contributed by atoms with Gasteiger partial charge in [0.1, 0.15) is 5.75 Å². The highest BCUT2D eigenvalue weighted by atomic mass is 35.5. The minimum Gasteiger partial charge on any atom is -0.504 e. The lowest BCUT2D eigenvalue weighted by Gasteiger charge is -2.37. The van der Waals surface area contributed by atoms with E-state index < -0.39 is 0 Å². The first kappa shape index (κ1) is 31.9. The number of ether oxygens (including phenoxy) is 5. The predicted molar refractivity (Wildman–Crippen MR) is 180 cm³/mol. The lowest BCUT2D eigenvalue weighted by atomic mass is 9.87. The third-order valence-corrected chi connectivity index (χ3v) is 9.64. The maximum absolute atomic E-state index is 10.7. The highest BCUT2D eigenvalue weighted by Gasteiger charge is 2.34. The standard InChI is InChI=1S/C37H40N2O6.ClH/c1-38-14-12-24-19-32(41-3)33-21-27(24)28(38)16-22-6-9-26(10-7-22)44-31-18-23(8-11-30(31)40)17-29-35-25(13-15-39(29)2)20-34(42-4)36(43-5)37(35)45-33;/h6-11,18-21,28-29,40H,12-17H2,1-5H3;1H. The Hall–Kier alpha value is -4.11. The average molecular weight is 645 g/mol. The smallest absolute Gasteiger partial charge is 0.204 e. The summed E-state index contributed by atoms with van der Waals surface area (Å²) >= 11 is 0. The number of likely N-dealkylation sites (N-methyl/N-ethyl adjacent to an activating group) is 2. The molecule has 4 aliphatic rings. The Morgan fingerprint density at radius 2 is 1.35 bits per heavy atom. The molecule has 4 aromatic carbocycles. The number of fused-ring (bicyclic) bond motifs is 2. The van der Waals surface area contributed by atoms with E-state index >= 15 is 0 Å². The minimum absolute atomic E-state index is 0. The Bertz CT molecular complexity index is 1740. The number of hydrogen-bond acceptors (Lipinski definition) is 8. The third-order valence-electron chi connectivity index (χ3n) is 9.64. The Morgan fingerprint density at radius 3 is 2.07 bits per heavy atom. The van der Waals surface area contributed by atoms with E-state index in [4.69, 9.17) is 23.7 Å². The molecule has 0 fully saturated rings. The first-order valence-corrected chi connectivity index (χ1v) is 15.5. The second kappa shape index (κ2) is 12.9. The maximum atomic E-state index is 10.7. The van der Waals surface area contributed by atoms with Gasteiger partial charge in [0.2, 0.25) is 5.75 Å². The van der Waals surface area contributed by atoms with Crippen LogP contribution in [-0.2, 0) is 25.7 Å². The van der Waals surface area contributed by atoms with Gasteiger partial charge in [-0.25, -0.2) is 0 Å². The van der Waals surface area contributed by atoms with Crippen molar-refractivity contribution in [3.05, 3.63) is 94.0 Å². The number of phenols is 1. The predicted octanol–water partition coefficient (Wildman–Crippen LogP) is 7.28. The summed E-state index contributed by atoms with van der Waals surface area (Å²) in [6.07, 6.45) is 3.25. The molecule has 6 bridgehead atoms. The molecule has 4 aromatic rings. The van der Waals surface area contributed by atoms with Crippen LogP contribution in [0.15, 0.2) is 60.7 Å². The average Bonchev–Trinajstić information content (AvgIpc) is 3.05. The van der Waals surface area contributed by atoms with Gasteiger partial charge in [-0.2, -0.15) is 0 Å². The minimum atomic E-state index is -0.0402. The van der Waals surface area contributed by atoms with Gasteiger partial charge >= 0.3 is 0 Å². The first-order chi connectivity index (χ1) is 21.9. The molecule has 0 aromatic heterocycles. The van der Waals surface area contributed by atoms with E-state index in [1.807, 2.05) is 24.3 Å². The molecular weight excluding hydrogens is 604 g/mol. The van der Waals surface area contributed by atoms with Crippen LogP contribution in [0.1, 0.15) is 45.5 Å². The van der Waals surface area contributed by atoms with Crippen LogP contribution in [0.2, 0.25) is 0 Å². The van der Waals surface area contributed by atoms with Crippen molar-refractivity contribution in [1.29, 1.82) is 0 Å². The van der Waals surface area contributed by atoms with Crippen molar-refractivity contribution in [3.8, 4) is 46.0 Å². The van der Waals surface area contributed by atoms with E-state index in [0.717, 1.165) is 49.0 Å². The van der Waals surface area contributed by atoms with Gasteiger partial charge in [-0.05, 0) is 110 Å². The second-order valence-electron chi connectivity index (χ2n) is 12.3. The fourth-order valence-corrected chi connectivity index (χ4v) is 7.11. The van der Waals surface area contributed by atoms with Crippen LogP contribution in [0.4, 0.5) is 0 Å². The molecule has 0 saturated heterocycles. The van der Waals surface area contributed by atoms with E-state index in [-0.39, 0.29) is 30.2 Å². The summed E-state index contributed by atoms with van der Waals surface area (Å²) in [6.45, 7) is 1.82. The molecule has 8 rings (SSSR count).